The van der Waals surface area contributed by atoms with Crippen LogP contribution in [0.25, 0.3) is 0 Å². The lowest BCUT2D eigenvalue weighted by molar-refractivity contribution is -0.140. The highest BCUT2D eigenvalue weighted by molar-refractivity contribution is 5.66. The second kappa shape index (κ2) is 13.6. The molecule has 112 valence electrons. The van der Waals surface area contributed by atoms with Crippen LogP contribution in [0.3, 0.4) is 0 Å². The van der Waals surface area contributed by atoms with Gasteiger partial charge >= 0.3 is 11.9 Å². The third kappa shape index (κ3) is 16.2. The first-order chi connectivity index (χ1) is 9.63. The van der Waals surface area contributed by atoms with E-state index >= 15 is 0 Å². The Morgan fingerprint density at radius 2 is 0.950 bits per heavy atom. The van der Waals surface area contributed by atoms with Gasteiger partial charge < -0.3 is 9.47 Å². The van der Waals surface area contributed by atoms with E-state index in [9.17, 15) is 9.59 Å². The molecule has 0 aliphatic rings. The van der Waals surface area contributed by atoms with Crippen LogP contribution < -0.4 is 0 Å². The van der Waals surface area contributed by atoms with Gasteiger partial charge in [0.25, 0.3) is 0 Å². The Morgan fingerprint density at radius 3 is 1.25 bits per heavy atom. The van der Waals surface area contributed by atoms with Crippen molar-refractivity contribution in [2.75, 3.05) is 13.2 Å². The number of unbranched alkanes of at least 4 members (excludes halogenated alkanes) is 2. The molecular formula is C16H24O4. The van der Waals surface area contributed by atoms with Gasteiger partial charge in [0.05, 0.1) is 0 Å². The average Bonchev–Trinajstić information content (AvgIpc) is 2.38. The van der Waals surface area contributed by atoms with Gasteiger partial charge in [0.2, 0.25) is 0 Å². The van der Waals surface area contributed by atoms with E-state index in [1.807, 2.05) is 24.3 Å². The van der Waals surface area contributed by atoms with Gasteiger partial charge in [0.1, 0.15) is 13.2 Å². The Labute approximate surface area is 121 Å². The van der Waals surface area contributed by atoms with Crippen LogP contribution in [0.15, 0.2) is 36.5 Å². The first-order valence-electron chi connectivity index (χ1n) is 6.84. The number of rotatable bonds is 10. The zero-order chi connectivity index (χ0) is 15.1. The summed E-state index contributed by atoms with van der Waals surface area (Å²) in [4.78, 5) is 21.0. The van der Waals surface area contributed by atoms with Gasteiger partial charge in [-0.15, -0.1) is 0 Å². The minimum Gasteiger partial charge on any atom is -0.462 e. The monoisotopic (exact) mass is 280 g/mol. The fourth-order valence-electron chi connectivity index (χ4n) is 1.32. The molecule has 0 amide bonds. The molecule has 0 saturated heterocycles. The van der Waals surface area contributed by atoms with Crippen LogP contribution in [0.5, 0.6) is 0 Å². The molecule has 0 spiro atoms. The molecule has 0 saturated carbocycles. The van der Waals surface area contributed by atoms with Crippen LogP contribution in [0.1, 0.15) is 39.5 Å². The van der Waals surface area contributed by atoms with Crippen molar-refractivity contribution in [3.63, 3.8) is 0 Å². The Morgan fingerprint density at radius 1 is 0.650 bits per heavy atom. The van der Waals surface area contributed by atoms with Crippen molar-refractivity contribution in [3.8, 4) is 0 Å². The quantitative estimate of drug-likeness (QED) is 0.350. The summed E-state index contributed by atoms with van der Waals surface area (Å²) in [6.07, 6.45) is 15.8. The van der Waals surface area contributed by atoms with Crippen molar-refractivity contribution in [2.45, 2.75) is 39.5 Å². The molecule has 0 N–H and O–H groups in total. The maximum absolute atomic E-state index is 10.5. The topological polar surface area (TPSA) is 52.6 Å². The molecule has 0 atom stereocenters. The van der Waals surface area contributed by atoms with E-state index in [0.29, 0.717) is 13.2 Å². The SMILES string of the molecule is CC(=O)OC/C=C/CC/C=C/CC/C=C/COC(C)=O. The Bertz CT molecular complexity index is 319. The molecule has 0 aliphatic heterocycles. The summed E-state index contributed by atoms with van der Waals surface area (Å²) >= 11 is 0. The fourth-order valence-corrected chi connectivity index (χ4v) is 1.32. The summed E-state index contributed by atoms with van der Waals surface area (Å²) in [6.45, 7) is 3.51. The standard InChI is InChI=1S/C16H24O4/c1-15(17)19-13-11-9-7-5-3-4-6-8-10-12-14-20-16(2)18/h3-4,9-12H,5-8,13-14H2,1-2H3/b4-3+,11-9+,12-10+. The Hall–Kier alpha value is -1.84. The summed E-state index contributed by atoms with van der Waals surface area (Å²) in [5, 5.41) is 0. The van der Waals surface area contributed by atoms with Gasteiger partial charge in [-0.05, 0) is 25.7 Å². The smallest absolute Gasteiger partial charge is 0.302 e. The molecule has 0 rings (SSSR count). The second-order valence-corrected chi connectivity index (χ2v) is 4.17. The fraction of sp³-hybridized carbons (Fsp3) is 0.500. The molecule has 0 radical (unpaired) electrons. The molecule has 0 aromatic carbocycles. The summed E-state index contributed by atoms with van der Waals surface area (Å²) in [7, 11) is 0. The minimum atomic E-state index is -0.253. The van der Waals surface area contributed by atoms with Crippen molar-refractivity contribution in [1.82, 2.24) is 0 Å². The highest BCUT2D eigenvalue weighted by Crippen LogP contribution is 1.98. The number of ether oxygens (including phenoxy) is 2. The van der Waals surface area contributed by atoms with Crippen LogP contribution in [0.4, 0.5) is 0 Å². The van der Waals surface area contributed by atoms with E-state index in [-0.39, 0.29) is 11.9 Å². The van der Waals surface area contributed by atoms with Crippen LogP contribution in [-0.2, 0) is 19.1 Å². The highest BCUT2D eigenvalue weighted by Gasteiger charge is 1.87. The molecule has 20 heavy (non-hydrogen) atoms. The molecule has 4 heteroatoms. The first-order valence-corrected chi connectivity index (χ1v) is 6.84. The molecule has 0 aromatic rings. The lowest BCUT2D eigenvalue weighted by Crippen LogP contribution is -1.97. The van der Waals surface area contributed by atoms with Crippen LogP contribution >= 0.6 is 0 Å². The lowest BCUT2D eigenvalue weighted by atomic mass is 10.2. The van der Waals surface area contributed by atoms with Gasteiger partial charge in [0, 0.05) is 13.8 Å². The van der Waals surface area contributed by atoms with Gasteiger partial charge in [-0.25, -0.2) is 0 Å². The molecular weight excluding hydrogens is 256 g/mol. The van der Waals surface area contributed by atoms with Crippen LogP contribution in [-0.4, -0.2) is 25.2 Å². The van der Waals surface area contributed by atoms with E-state index in [4.69, 9.17) is 9.47 Å². The number of hydrogen-bond donors (Lipinski definition) is 0. The Kier molecular flexibility index (Phi) is 12.3. The zero-order valence-electron chi connectivity index (χ0n) is 12.3. The molecule has 0 fully saturated rings. The number of carbonyl (C=O) groups excluding carboxylic acids is 2. The van der Waals surface area contributed by atoms with E-state index < -0.39 is 0 Å². The van der Waals surface area contributed by atoms with E-state index in [1.165, 1.54) is 13.8 Å². The average molecular weight is 280 g/mol. The highest BCUT2D eigenvalue weighted by atomic mass is 16.5. The van der Waals surface area contributed by atoms with E-state index in [1.54, 1.807) is 0 Å². The van der Waals surface area contributed by atoms with Crippen molar-refractivity contribution in [1.29, 1.82) is 0 Å². The molecule has 4 nitrogen and oxygen atoms in total. The maximum Gasteiger partial charge on any atom is 0.302 e. The van der Waals surface area contributed by atoms with E-state index in [2.05, 4.69) is 12.2 Å². The summed E-state index contributed by atoms with van der Waals surface area (Å²) in [5.74, 6) is -0.507. The van der Waals surface area contributed by atoms with Crippen LogP contribution in [0, 0.1) is 0 Å². The van der Waals surface area contributed by atoms with Crippen molar-refractivity contribution in [2.24, 2.45) is 0 Å². The van der Waals surface area contributed by atoms with Crippen molar-refractivity contribution >= 4 is 11.9 Å². The zero-order valence-corrected chi connectivity index (χ0v) is 12.3. The van der Waals surface area contributed by atoms with Gasteiger partial charge in [0.15, 0.2) is 0 Å². The van der Waals surface area contributed by atoms with Crippen LogP contribution in [0.2, 0.25) is 0 Å². The summed E-state index contributed by atoms with van der Waals surface area (Å²) in [5.41, 5.74) is 0. The van der Waals surface area contributed by atoms with Crippen molar-refractivity contribution < 1.29 is 19.1 Å². The van der Waals surface area contributed by atoms with Crippen molar-refractivity contribution in [3.05, 3.63) is 36.5 Å². The summed E-state index contributed by atoms with van der Waals surface area (Å²) < 4.78 is 9.53. The van der Waals surface area contributed by atoms with E-state index in [0.717, 1.165) is 25.7 Å². The minimum absolute atomic E-state index is 0.253. The third-order valence-corrected chi connectivity index (χ3v) is 2.27. The molecule has 0 unspecified atom stereocenters. The second-order valence-electron chi connectivity index (χ2n) is 4.17. The summed E-state index contributed by atoms with van der Waals surface area (Å²) in [6, 6.07) is 0. The molecule has 0 aromatic heterocycles. The third-order valence-electron chi connectivity index (χ3n) is 2.27. The molecule has 0 aliphatic carbocycles. The number of carbonyl (C=O) groups is 2. The number of esters is 2. The van der Waals surface area contributed by atoms with Gasteiger partial charge in [-0.3, -0.25) is 9.59 Å². The predicted molar refractivity (Wildman–Crippen MR) is 79.2 cm³/mol. The predicted octanol–water partition coefficient (Wildman–Crippen LogP) is 3.34. The molecule has 0 heterocycles. The Balaban J connectivity index is 3.35. The van der Waals surface area contributed by atoms with Gasteiger partial charge in [-0.1, -0.05) is 36.5 Å². The van der Waals surface area contributed by atoms with Gasteiger partial charge in [-0.2, -0.15) is 0 Å². The lowest BCUT2D eigenvalue weighted by Gasteiger charge is -1.94. The first kappa shape index (κ1) is 18.2. The number of allylic oxidation sites excluding steroid dienone is 4. The normalized spacial score (nSPS) is 11.5. The largest absolute Gasteiger partial charge is 0.462 e. The number of hydrogen-bond acceptors (Lipinski definition) is 4. The molecule has 0 bridgehead atoms. The maximum atomic E-state index is 10.5.